The Kier molecular flexibility index (Phi) is 3.36. The Hall–Kier alpha value is -0.620. The van der Waals surface area contributed by atoms with E-state index in [0.717, 1.165) is 29.7 Å². The van der Waals surface area contributed by atoms with Gasteiger partial charge in [-0.15, -0.1) is 5.10 Å². The molecule has 1 N–H and O–H groups in total. The summed E-state index contributed by atoms with van der Waals surface area (Å²) in [4.78, 5) is 4.43. The molecule has 0 saturated heterocycles. The van der Waals surface area contributed by atoms with Gasteiger partial charge in [0.15, 0.2) is 5.17 Å². The molecule has 14 heavy (non-hydrogen) atoms. The van der Waals surface area contributed by atoms with Gasteiger partial charge in [0.2, 0.25) is 0 Å². The molecule has 4 nitrogen and oxygen atoms in total. The minimum absolute atomic E-state index is 0.700. The summed E-state index contributed by atoms with van der Waals surface area (Å²) in [5.41, 5.74) is 0.983. The van der Waals surface area contributed by atoms with Crippen LogP contribution >= 0.6 is 23.3 Å². The molecule has 1 aliphatic heterocycles. The van der Waals surface area contributed by atoms with Gasteiger partial charge < -0.3 is 5.32 Å². The minimum atomic E-state index is 0.700. The van der Waals surface area contributed by atoms with E-state index in [0.29, 0.717) is 5.92 Å². The lowest BCUT2D eigenvalue weighted by atomic mass is 10.2. The highest BCUT2D eigenvalue weighted by Crippen LogP contribution is 2.15. The maximum atomic E-state index is 4.43. The van der Waals surface area contributed by atoms with E-state index in [4.69, 9.17) is 0 Å². The Balaban J connectivity index is 1.81. The van der Waals surface area contributed by atoms with Gasteiger partial charge in [0.25, 0.3) is 0 Å². The highest BCUT2D eigenvalue weighted by Gasteiger charge is 2.11. The van der Waals surface area contributed by atoms with Gasteiger partial charge in [-0.25, -0.2) is 0 Å². The zero-order valence-corrected chi connectivity index (χ0v) is 9.57. The molecule has 1 aromatic heterocycles. The van der Waals surface area contributed by atoms with Crippen molar-refractivity contribution in [1.82, 2.24) is 14.9 Å². The molecule has 0 saturated carbocycles. The van der Waals surface area contributed by atoms with E-state index in [1.807, 2.05) is 5.38 Å². The summed E-state index contributed by atoms with van der Waals surface area (Å²) in [5, 5.41) is 10.2. The Morgan fingerprint density at radius 2 is 2.57 bits per heavy atom. The van der Waals surface area contributed by atoms with Crippen molar-refractivity contribution in [3.8, 4) is 0 Å². The van der Waals surface area contributed by atoms with Crippen molar-refractivity contribution < 1.29 is 0 Å². The Morgan fingerprint density at radius 1 is 1.64 bits per heavy atom. The minimum Gasteiger partial charge on any atom is -0.359 e. The number of amidine groups is 1. The fourth-order valence-electron chi connectivity index (χ4n) is 1.09. The maximum absolute atomic E-state index is 4.43. The number of nitrogens with one attached hydrogen (secondary N) is 1. The van der Waals surface area contributed by atoms with Crippen molar-refractivity contribution in [2.45, 2.75) is 13.5 Å². The van der Waals surface area contributed by atoms with Gasteiger partial charge in [-0.1, -0.05) is 23.2 Å². The standard InChI is InChI=1S/C8H12N4S2/c1-6-2-9-8(13-4-6)10-3-7-5-14-12-11-7/h5-6H,2-4H2,1H3,(H,9,10). The first-order valence-corrected chi connectivity index (χ1v) is 6.34. The number of hydrogen-bond donors (Lipinski definition) is 1. The predicted molar refractivity (Wildman–Crippen MR) is 60.7 cm³/mol. The molecule has 0 amide bonds. The summed E-state index contributed by atoms with van der Waals surface area (Å²) in [6, 6.07) is 0. The zero-order valence-electron chi connectivity index (χ0n) is 7.93. The van der Waals surface area contributed by atoms with Crippen molar-refractivity contribution >= 4 is 28.5 Å². The fraction of sp³-hybridized carbons (Fsp3) is 0.625. The first-order valence-electron chi connectivity index (χ1n) is 4.51. The summed E-state index contributed by atoms with van der Waals surface area (Å²) < 4.78 is 3.80. The summed E-state index contributed by atoms with van der Waals surface area (Å²) in [7, 11) is 0. The van der Waals surface area contributed by atoms with Crippen LogP contribution in [0.5, 0.6) is 0 Å². The van der Waals surface area contributed by atoms with Crippen LogP contribution in [0.25, 0.3) is 0 Å². The summed E-state index contributed by atoms with van der Waals surface area (Å²) in [5.74, 6) is 1.85. The molecule has 1 aliphatic rings. The predicted octanol–water partition coefficient (Wildman–Crippen LogP) is 1.37. The molecule has 6 heteroatoms. The molecular formula is C8H12N4S2. The van der Waals surface area contributed by atoms with Gasteiger partial charge in [0.1, 0.15) is 0 Å². The Labute approximate surface area is 91.4 Å². The lowest BCUT2D eigenvalue weighted by Gasteiger charge is -2.17. The third-order valence-electron chi connectivity index (χ3n) is 1.88. The number of aromatic nitrogens is 2. The van der Waals surface area contributed by atoms with E-state index in [-0.39, 0.29) is 0 Å². The molecular weight excluding hydrogens is 216 g/mol. The lowest BCUT2D eigenvalue weighted by molar-refractivity contribution is 0.668. The lowest BCUT2D eigenvalue weighted by Crippen LogP contribution is -2.25. The second-order valence-corrected chi connectivity index (χ2v) is 4.93. The average Bonchev–Trinajstić information content (AvgIpc) is 2.70. The summed E-state index contributed by atoms with van der Waals surface area (Å²) in [6.45, 7) is 3.89. The first kappa shape index (κ1) is 9.92. The molecule has 0 spiro atoms. The van der Waals surface area contributed by atoms with Crippen LogP contribution in [-0.4, -0.2) is 27.1 Å². The maximum Gasteiger partial charge on any atom is 0.156 e. The van der Waals surface area contributed by atoms with Crippen LogP contribution in [0.3, 0.4) is 0 Å². The van der Waals surface area contributed by atoms with Crippen LogP contribution in [0.4, 0.5) is 0 Å². The number of aliphatic imine (C=N–C) groups is 1. The summed E-state index contributed by atoms with van der Waals surface area (Å²) >= 11 is 3.17. The molecule has 0 fully saturated rings. The Bertz CT molecular complexity index is 309. The second-order valence-electron chi connectivity index (χ2n) is 3.31. The van der Waals surface area contributed by atoms with Crippen molar-refractivity contribution in [2.75, 3.05) is 12.3 Å². The summed E-state index contributed by atoms with van der Waals surface area (Å²) in [6.07, 6.45) is 0. The van der Waals surface area contributed by atoms with Crippen molar-refractivity contribution in [2.24, 2.45) is 10.9 Å². The topological polar surface area (TPSA) is 50.2 Å². The van der Waals surface area contributed by atoms with E-state index in [1.54, 1.807) is 11.8 Å². The van der Waals surface area contributed by atoms with Crippen LogP contribution in [0.15, 0.2) is 10.4 Å². The third-order valence-corrected chi connectivity index (χ3v) is 3.71. The molecule has 2 rings (SSSR count). The largest absolute Gasteiger partial charge is 0.359 e. The molecule has 2 heterocycles. The smallest absolute Gasteiger partial charge is 0.156 e. The quantitative estimate of drug-likeness (QED) is 0.830. The van der Waals surface area contributed by atoms with Gasteiger partial charge in [-0.05, 0) is 17.5 Å². The average molecular weight is 228 g/mol. The van der Waals surface area contributed by atoms with E-state index in [1.165, 1.54) is 11.5 Å². The molecule has 1 atom stereocenters. The Morgan fingerprint density at radius 3 is 3.21 bits per heavy atom. The van der Waals surface area contributed by atoms with Gasteiger partial charge in [-0.3, -0.25) is 4.99 Å². The first-order chi connectivity index (χ1) is 6.84. The SMILES string of the molecule is CC1CN=C(NCc2csnn2)SC1. The number of hydrogen-bond acceptors (Lipinski definition) is 6. The fourth-order valence-corrected chi connectivity index (χ4v) is 2.43. The third kappa shape index (κ3) is 2.68. The normalized spacial score (nSPS) is 21.8. The van der Waals surface area contributed by atoms with Crippen molar-refractivity contribution in [3.05, 3.63) is 11.1 Å². The van der Waals surface area contributed by atoms with Gasteiger partial charge in [0.05, 0.1) is 12.2 Å². The van der Waals surface area contributed by atoms with Gasteiger partial charge in [-0.2, -0.15) is 0 Å². The highest BCUT2D eigenvalue weighted by atomic mass is 32.2. The molecule has 0 bridgehead atoms. The molecule has 0 aromatic carbocycles. The van der Waals surface area contributed by atoms with Gasteiger partial charge >= 0.3 is 0 Å². The molecule has 1 aromatic rings. The van der Waals surface area contributed by atoms with E-state index in [9.17, 15) is 0 Å². The van der Waals surface area contributed by atoms with Crippen LogP contribution < -0.4 is 5.32 Å². The zero-order chi connectivity index (χ0) is 9.80. The molecule has 1 unspecified atom stereocenters. The van der Waals surface area contributed by atoms with Gasteiger partial charge in [0, 0.05) is 17.7 Å². The second kappa shape index (κ2) is 4.75. The molecule has 0 aliphatic carbocycles. The van der Waals surface area contributed by atoms with Crippen LogP contribution in [0.2, 0.25) is 0 Å². The van der Waals surface area contributed by atoms with E-state index >= 15 is 0 Å². The van der Waals surface area contributed by atoms with Crippen LogP contribution in [-0.2, 0) is 6.54 Å². The van der Waals surface area contributed by atoms with Crippen molar-refractivity contribution in [3.63, 3.8) is 0 Å². The van der Waals surface area contributed by atoms with E-state index in [2.05, 4.69) is 26.8 Å². The number of thioether (sulfide) groups is 1. The van der Waals surface area contributed by atoms with Crippen LogP contribution in [0, 0.1) is 5.92 Å². The number of rotatable bonds is 2. The highest BCUT2D eigenvalue weighted by molar-refractivity contribution is 8.13. The molecule has 76 valence electrons. The van der Waals surface area contributed by atoms with Crippen molar-refractivity contribution in [1.29, 1.82) is 0 Å². The number of nitrogens with zero attached hydrogens (tertiary/aromatic N) is 3. The van der Waals surface area contributed by atoms with Crippen LogP contribution in [0.1, 0.15) is 12.6 Å². The van der Waals surface area contributed by atoms with E-state index < -0.39 is 0 Å². The molecule has 0 radical (unpaired) electrons. The monoisotopic (exact) mass is 228 g/mol.